The fraction of sp³-hybridized carbons (Fsp3) is 0. The highest BCUT2D eigenvalue weighted by Crippen LogP contribution is 2.30. The van der Waals surface area contributed by atoms with Crippen LogP contribution in [0.15, 0.2) is 73.4 Å². The average molecular weight is 390 g/mol. The van der Waals surface area contributed by atoms with Gasteiger partial charge in [-0.05, 0) is 30.3 Å². The lowest BCUT2D eigenvalue weighted by Crippen LogP contribution is -1.88. The molecule has 0 fully saturated rings. The number of rotatable bonds is 3. The van der Waals surface area contributed by atoms with Crippen LogP contribution >= 0.6 is 0 Å². The number of fused-ring (bicyclic) bond motifs is 2. The summed E-state index contributed by atoms with van der Waals surface area (Å²) in [5.41, 5.74) is 7.43. The molecule has 0 aliphatic heterocycles. The molecular formula is C22H14N8. The Morgan fingerprint density at radius 1 is 0.733 bits per heavy atom. The molecule has 6 aromatic rings. The van der Waals surface area contributed by atoms with Crippen LogP contribution in [0.25, 0.3) is 56.1 Å². The van der Waals surface area contributed by atoms with Gasteiger partial charge < -0.3 is 4.98 Å². The zero-order chi connectivity index (χ0) is 19.9. The van der Waals surface area contributed by atoms with E-state index < -0.39 is 0 Å². The smallest absolute Gasteiger partial charge is 0.161 e. The van der Waals surface area contributed by atoms with Gasteiger partial charge in [-0.2, -0.15) is 5.10 Å². The Morgan fingerprint density at radius 2 is 1.67 bits per heavy atom. The van der Waals surface area contributed by atoms with Crippen molar-refractivity contribution in [3.63, 3.8) is 0 Å². The van der Waals surface area contributed by atoms with E-state index in [-0.39, 0.29) is 0 Å². The summed E-state index contributed by atoms with van der Waals surface area (Å²) in [7, 11) is 0. The third kappa shape index (κ3) is 2.62. The van der Waals surface area contributed by atoms with Gasteiger partial charge in [-0.25, -0.2) is 19.9 Å². The SMILES string of the molecule is c1ccc(-c2cccc3[nH]c(-c4n[nH]c5ccc(-c6cncnc6)nc45)nc23)nc1. The van der Waals surface area contributed by atoms with Crippen molar-refractivity contribution in [3.8, 4) is 34.0 Å². The van der Waals surface area contributed by atoms with E-state index in [1.165, 1.54) is 6.33 Å². The number of hydrogen-bond donors (Lipinski definition) is 2. The van der Waals surface area contributed by atoms with Crippen LogP contribution < -0.4 is 0 Å². The van der Waals surface area contributed by atoms with Crippen molar-refractivity contribution in [3.05, 3.63) is 73.4 Å². The molecule has 8 nitrogen and oxygen atoms in total. The van der Waals surface area contributed by atoms with E-state index in [4.69, 9.17) is 9.97 Å². The van der Waals surface area contributed by atoms with Crippen LogP contribution in [0.2, 0.25) is 0 Å². The first-order chi connectivity index (χ1) is 14.9. The van der Waals surface area contributed by atoms with Crippen molar-refractivity contribution in [2.24, 2.45) is 0 Å². The summed E-state index contributed by atoms with van der Waals surface area (Å²) in [5, 5.41) is 7.51. The second-order valence-corrected chi connectivity index (χ2v) is 6.79. The molecule has 0 amide bonds. The molecule has 0 saturated heterocycles. The predicted octanol–water partition coefficient (Wildman–Crippen LogP) is 4.02. The van der Waals surface area contributed by atoms with E-state index in [1.807, 2.05) is 48.5 Å². The van der Waals surface area contributed by atoms with Crippen molar-refractivity contribution in [1.82, 2.24) is 40.1 Å². The summed E-state index contributed by atoms with van der Waals surface area (Å²) in [6.45, 7) is 0. The predicted molar refractivity (Wildman–Crippen MR) is 113 cm³/mol. The molecule has 0 unspecified atom stereocenters. The van der Waals surface area contributed by atoms with Crippen LogP contribution in [0, 0.1) is 0 Å². The summed E-state index contributed by atoms with van der Waals surface area (Å²) in [5.74, 6) is 0.647. The number of pyridine rings is 2. The lowest BCUT2D eigenvalue weighted by molar-refractivity contribution is 1.10. The van der Waals surface area contributed by atoms with Gasteiger partial charge in [0.05, 0.1) is 27.9 Å². The molecule has 6 rings (SSSR count). The molecule has 5 aromatic heterocycles. The summed E-state index contributed by atoms with van der Waals surface area (Å²) < 4.78 is 0. The average Bonchev–Trinajstić information content (AvgIpc) is 3.43. The first-order valence-corrected chi connectivity index (χ1v) is 9.38. The van der Waals surface area contributed by atoms with E-state index in [1.54, 1.807) is 18.6 Å². The van der Waals surface area contributed by atoms with Gasteiger partial charge in [-0.3, -0.25) is 10.1 Å². The fourth-order valence-corrected chi connectivity index (χ4v) is 3.53. The van der Waals surface area contributed by atoms with E-state index in [2.05, 4.69) is 30.1 Å². The lowest BCUT2D eigenvalue weighted by Gasteiger charge is -2.00. The van der Waals surface area contributed by atoms with Crippen LogP contribution in [-0.4, -0.2) is 40.1 Å². The van der Waals surface area contributed by atoms with Crippen LogP contribution in [0.3, 0.4) is 0 Å². The lowest BCUT2D eigenvalue weighted by atomic mass is 10.1. The second-order valence-electron chi connectivity index (χ2n) is 6.79. The van der Waals surface area contributed by atoms with Gasteiger partial charge in [-0.1, -0.05) is 18.2 Å². The van der Waals surface area contributed by atoms with Crippen molar-refractivity contribution < 1.29 is 0 Å². The summed E-state index contributed by atoms with van der Waals surface area (Å²) in [6, 6.07) is 15.7. The number of aromatic amines is 2. The maximum atomic E-state index is 4.84. The molecule has 142 valence electrons. The fourth-order valence-electron chi connectivity index (χ4n) is 3.53. The van der Waals surface area contributed by atoms with Gasteiger partial charge >= 0.3 is 0 Å². The molecule has 0 aliphatic carbocycles. The maximum Gasteiger partial charge on any atom is 0.161 e. The van der Waals surface area contributed by atoms with E-state index >= 15 is 0 Å². The Bertz CT molecular complexity index is 1490. The Hall–Kier alpha value is -4.46. The Labute approximate surface area is 170 Å². The number of benzene rings is 1. The summed E-state index contributed by atoms with van der Waals surface area (Å²) in [4.78, 5) is 25.6. The molecule has 2 N–H and O–H groups in total. The minimum Gasteiger partial charge on any atom is -0.336 e. The monoisotopic (exact) mass is 390 g/mol. The number of aromatic nitrogens is 8. The van der Waals surface area contributed by atoms with Crippen molar-refractivity contribution in [2.75, 3.05) is 0 Å². The van der Waals surface area contributed by atoms with Crippen LogP contribution in [0.5, 0.6) is 0 Å². The van der Waals surface area contributed by atoms with E-state index in [9.17, 15) is 0 Å². The standard InChI is InChI=1S/C22H14N8/c1-2-9-25-16(5-1)14-4-3-6-17-19(14)28-22(27-17)21-20-18(29-30-21)8-7-15(26-20)13-10-23-12-24-11-13/h1-12H,(H,27,28)(H,29,30). The highest BCUT2D eigenvalue weighted by atomic mass is 15.1. The third-order valence-corrected chi connectivity index (χ3v) is 4.94. The highest BCUT2D eigenvalue weighted by molar-refractivity contribution is 5.95. The minimum absolute atomic E-state index is 0.647. The zero-order valence-corrected chi connectivity index (χ0v) is 15.6. The molecule has 0 saturated carbocycles. The number of H-pyrrole nitrogens is 2. The normalized spacial score (nSPS) is 11.3. The molecule has 0 atom stereocenters. The maximum absolute atomic E-state index is 4.84. The van der Waals surface area contributed by atoms with Gasteiger partial charge in [0.15, 0.2) is 11.5 Å². The molecule has 30 heavy (non-hydrogen) atoms. The quantitative estimate of drug-likeness (QED) is 0.472. The van der Waals surface area contributed by atoms with Crippen LogP contribution in [0.4, 0.5) is 0 Å². The van der Waals surface area contributed by atoms with Gasteiger partial charge in [0.25, 0.3) is 0 Å². The molecule has 8 heteroatoms. The Kier molecular flexibility index (Phi) is 3.60. The summed E-state index contributed by atoms with van der Waals surface area (Å²) in [6.07, 6.45) is 6.75. The Balaban J connectivity index is 1.52. The molecule has 0 radical (unpaired) electrons. The molecule has 0 aliphatic rings. The van der Waals surface area contributed by atoms with Crippen molar-refractivity contribution in [2.45, 2.75) is 0 Å². The highest BCUT2D eigenvalue weighted by Gasteiger charge is 2.17. The van der Waals surface area contributed by atoms with Gasteiger partial charge in [-0.15, -0.1) is 0 Å². The molecule has 5 heterocycles. The van der Waals surface area contributed by atoms with Gasteiger partial charge in [0.2, 0.25) is 0 Å². The number of nitrogens with zero attached hydrogens (tertiary/aromatic N) is 6. The minimum atomic E-state index is 0.647. The number of para-hydroxylation sites is 1. The zero-order valence-electron chi connectivity index (χ0n) is 15.6. The first kappa shape index (κ1) is 16.5. The number of nitrogens with one attached hydrogen (secondary N) is 2. The van der Waals surface area contributed by atoms with E-state index in [0.29, 0.717) is 11.5 Å². The molecule has 1 aromatic carbocycles. The van der Waals surface area contributed by atoms with Gasteiger partial charge in [0, 0.05) is 29.7 Å². The molecule has 0 bridgehead atoms. The molecule has 0 spiro atoms. The van der Waals surface area contributed by atoms with E-state index in [0.717, 1.165) is 44.6 Å². The third-order valence-electron chi connectivity index (χ3n) is 4.94. The first-order valence-electron chi connectivity index (χ1n) is 9.38. The van der Waals surface area contributed by atoms with Crippen LogP contribution in [0.1, 0.15) is 0 Å². The Morgan fingerprint density at radius 3 is 2.53 bits per heavy atom. The van der Waals surface area contributed by atoms with Crippen molar-refractivity contribution >= 4 is 22.1 Å². The van der Waals surface area contributed by atoms with Crippen LogP contribution in [-0.2, 0) is 0 Å². The largest absolute Gasteiger partial charge is 0.336 e. The number of hydrogen-bond acceptors (Lipinski definition) is 6. The second kappa shape index (κ2) is 6.56. The molecular weight excluding hydrogens is 376 g/mol. The van der Waals surface area contributed by atoms with Gasteiger partial charge in [0.1, 0.15) is 11.8 Å². The van der Waals surface area contributed by atoms with Crippen molar-refractivity contribution in [1.29, 1.82) is 0 Å². The summed E-state index contributed by atoms with van der Waals surface area (Å²) >= 11 is 0. The topological polar surface area (TPSA) is 109 Å². The number of imidazole rings is 1.